The maximum absolute atomic E-state index is 11.0. The lowest BCUT2D eigenvalue weighted by Crippen LogP contribution is -2.37. The van der Waals surface area contributed by atoms with Gasteiger partial charge in [0.15, 0.2) is 11.7 Å². The number of carbonyl (C=O) groups is 1. The number of aliphatic imine (C=N–C) groups is 1. The molecule has 1 aromatic heterocycles. The molecule has 0 aliphatic rings. The van der Waals surface area contributed by atoms with Crippen molar-refractivity contribution in [2.45, 2.75) is 59.4 Å². The van der Waals surface area contributed by atoms with Crippen molar-refractivity contribution in [1.82, 2.24) is 10.6 Å². The minimum Gasteiger partial charge on any atom is -0.454 e. The third kappa shape index (κ3) is 11.1. The van der Waals surface area contributed by atoms with Gasteiger partial charge in [-0.1, -0.05) is 39.5 Å². The summed E-state index contributed by atoms with van der Waals surface area (Å²) >= 11 is 0. The number of amides is 1. The lowest BCUT2D eigenvalue weighted by molar-refractivity contribution is 0.0972. The normalized spacial score (nSPS) is 11.3. The molecule has 4 N–H and O–H groups in total. The molecule has 0 fully saturated rings. The Balaban J connectivity index is 0.00000576. The highest BCUT2D eigenvalue weighted by Crippen LogP contribution is 2.09. The Morgan fingerprint density at radius 1 is 1.20 bits per heavy atom. The van der Waals surface area contributed by atoms with Crippen molar-refractivity contribution in [3.63, 3.8) is 0 Å². The minimum atomic E-state index is -0.562. The minimum absolute atomic E-state index is 0. The fourth-order valence-corrected chi connectivity index (χ4v) is 2.33. The average molecular weight is 464 g/mol. The number of nitrogens with zero attached hydrogens (tertiary/aromatic N) is 1. The molecule has 1 aromatic rings. The first-order valence-electron chi connectivity index (χ1n) is 8.93. The Morgan fingerprint density at radius 2 is 1.92 bits per heavy atom. The number of unbranched alkanes of at least 4 members (excludes halogenated alkanes) is 3. The molecule has 7 heteroatoms. The number of hydrogen-bond acceptors (Lipinski definition) is 3. The van der Waals surface area contributed by atoms with E-state index >= 15 is 0 Å². The van der Waals surface area contributed by atoms with Crippen LogP contribution >= 0.6 is 24.0 Å². The van der Waals surface area contributed by atoms with Crippen LogP contribution in [0, 0.1) is 5.92 Å². The summed E-state index contributed by atoms with van der Waals surface area (Å²) in [5.41, 5.74) is 5.17. The van der Waals surface area contributed by atoms with Crippen LogP contribution in [0.1, 0.15) is 69.2 Å². The van der Waals surface area contributed by atoms with Crippen LogP contribution in [0.4, 0.5) is 0 Å². The van der Waals surface area contributed by atoms with E-state index in [1.807, 2.05) is 6.92 Å². The Bertz CT molecular complexity index is 515. The first kappa shape index (κ1) is 23.8. The third-order valence-corrected chi connectivity index (χ3v) is 3.64. The van der Waals surface area contributed by atoms with Crippen LogP contribution in [0.5, 0.6) is 0 Å². The molecule has 0 aromatic carbocycles. The molecule has 0 atom stereocenters. The average Bonchev–Trinajstić information content (AvgIpc) is 3.00. The number of primary amides is 1. The van der Waals surface area contributed by atoms with E-state index in [1.54, 1.807) is 12.1 Å². The Hall–Kier alpha value is -1.25. The summed E-state index contributed by atoms with van der Waals surface area (Å²) in [6.45, 7) is 8.64. The second kappa shape index (κ2) is 14.0. The van der Waals surface area contributed by atoms with Gasteiger partial charge in [-0.05, 0) is 31.4 Å². The molecule has 25 heavy (non-hydrogen) atoms. The number of hydrogen-bond donors (Lipinski definition) is 3. The van der Waals surface area contributed by atoms with E-state index in [0.29, 0.717) is 12.3 Å². The van der Waals surface area contributed by atoms with E-state index in [0.717, 1.165) is 31.4 Å². The third-order valence-electron chi connectivity index (χ3n) is 3.64. The van der Waals surface area contributed by atoms with Gasteiger partial charge in [-0.3, -0.25) is 4.79 Å². The molecule has 0 saturated heterocycles. The van der Waals surface area contributed by atoms with Crippen LogP contribution in [-0.4, -0.2) is 25.0 Å². The van der Waals surface area contributed by atoms with Gasteiger partial charge in [0.05, 0.1) is 0 Å². The summed E-state index contributed by atoms with van der Waals surface area (Å²) in [5.74, 6) is 1.78. The number of nitrogens with two attached hydrogens (primary N) is 1. The number of carbonyl (C=O) groups excluding carboxylic acids is 1. The molecule has 0 bridgehead atoms. The fraction of sp³-hybridized carbons (Fsp3) is 0.667. The molecule has 0 aliphatic carbocycles. The molecular weight excluding hydrogens is 431 g/mol. The van der Waals surface area contributed by atoms with E-state index in [4.69, 9.17) is 10.2 Å². The van der Waals surface area contributed by atoms with Crippen molar-refractivity contribution in [3.05, 3.63) is 23.7 Å². The summed E-state index contributed by atoms with van der Waals surface area (Å²) in [6.07, 6.45) is 6.28. The fourth-order valence-electron chi connectivity index (χ4n) is 2.33. The first-order valence-corrected chi connectivity index (χ1v) is 8.93. The molecule has 0 saturated carbocycles. The van der Waals surface area contributed by atoms with Crippen molar-refractivity contribution in [1.29, 1.82) is 0 Å². The van der Waals surface area contributed by atoms with Crippen molar-refractivity contribution in [2.75, 3.05) is 13.1 Å². The van der Waals surface area contributed by atoms with Gasteiger partial charge in [0.2, 0.25) is 0 Å². The van der Waals surface area contributed by atoms with Gasteiger partial charge in [-0.25, -0.2) is 4.99 Å². The van der Waals surface area contributed by atoms with Crippen LogP contribution in [0.25, 0.3) is 0 Å². The van der Waals surface area contributed by atoms with E-state index < -0.39 is 5.91 Å². The Labute approximate surface area is 168 Å². The van der Waals surface area contributed by atoms with Gasteiger partial charge in [0, 0.05) is 13.1 Å². The quantitative estimate of drug-likeness (QED) is 0.202. The maximum atomic E-state index is 11.0. The summed E-state index contributed by atoms with van der Waals surface area (Å²) in [6, 6.07) is 3.30. The molecule has 0 radical (unpaired) electrons. The van der Waals surface area contributed by atoms with Crippen LogP contribution in [0.3, 0.4) is 0 Å². The van der Waals surface area contributed by atoms with Crippen molar-refractivity contribution in [2.24, 2.45) is 16.6 Å². The van der Waals surface area contributed by atoms with Gasteiger partial charge in [0.1, 0.15) is 12.3 Å². The molecular formula is C18H33IN4O2. The van der Waals surface area contributed by atoms with Crippen LogP contribution in [0.15, 0.2) is 21.5 Å². The molecule has 1 amide bonds. The first-order chi connectivity index (χ1) is 11.5. The van der Waals surface area contributed by atoms with E-state index in [-0.39, 0.29) is 29.7 Å². The number of halogens is 1. The summed E-state index contributed by atoms with van der Waals surface area (Å²) in [4.78, 5) is 15.5. The Morgan fingerprint density at radius 3 is 2.52 bits per heavy atom. The highest BCUT2D eigenvalue weighted by Gasteiger charge is 2.06. The molecule has 0 unspecified atom stereocenters. The van der Waals surface area contributed by atoms with Crippen molar-refractivity contribution < 1.29 is 9.21 Å². The zero-order valence-corrected chi connectivity index (χ0v) is 18.0. The second-order valence-electron chi connectivity index (χ2n) is 6.35. The predicted octanol–water partition coefficient (Wildman–Crippen LogP) is 3.66. The molecule has 0 spiro atoms. The van der Waals surface area contributed by atoms with Gasteiger partial charge >= 0.3 is 0 Å². The summed E-state index contributed by atoms with van der Waals surface area (Å²) in [7, 11) is 0. The van der Waals surface area contributed by atoms with Crippen molar-refractivity contribution in [3.8, 4) is 0 Å². The summed E-state index contributed by atoms with van der Waals surface area (Å²) in [5, 5.41) is 6.53. The number of nitrogens with one attached hydrogen (secondary N) is 2. The number of furan rings is 1. The van der Waals surface area contributed by atoms with E-state index in [2.05, 4.69) is 29.5 Å². The van der Waals surface area contributed by atoms with Gasteiger partial charge in [0.25, 0.3) is 5.91 Å². The monoisotopic (exact) mass is 464 g/mol. The zero-order valence-electron chi connectivity index (χ0n) is 15.6. The molecule has 0 aliphatic heterocycles. The molecule has 144 valence electrons. The van der Waals surface area contributed by atoms with Crippen LogP contribution < -0.4 is 16.4 Å². The van der Waals surface area contributed by atoms with Gasteiger partial charge in [-0.15, -0.1) is 24.0 Å². The zero-order chi connectivity index (χ0) is 17.8. The lowest BCUT2D eigenvalue weighted by atomic mass is 10.0. The van der Waals surface area contributed by atoms with E-state index in [9.17, 15) is 4.79 Å². The Kier molecular flexibility index (Phi) is 13.3. The molecule has 1 rings (SSSR count). The number of rotatable bonds is 11. The van der Waals surface area contributed by atoms with Gasteiger partial charge < -0.3 is 20.8 Å². The smallest absolute Gasteiger partial charge is 0.284 e. The maximum Gasteiger partial charge on any atom is 0.284 e. The largest absolute Gasteiger partial charge is 0.454 e. The van der Waals surface area contributed by atoms with E-state index in [1.165, 1.54) is 25.7 Å². The van der Waals surface area contributed by atoms with Crippen molar-refractivity contribution >= 4 is 35.8 Å². The highest BCUT2D eigenvalue weighted by molar-refractivity contribution is 14.0. The van der Waals surface area contributed by atoms with Gasteiger partial charge in [-0.2, -0.15) is 0 Å². The highest BCUT2D eigenvalue weighted by atomic mass is 127. The molecule has 6 nitrogen and oxygen atoms in total. The molecule has 1 heterocycles. The topological polar surface area (TPSA) is 92.6 Å². The lowest BCUT2D eigenvalue weighted by Gasteiger charge is -2.11. The standard InChI is InChI=1S/C18H32N4O2.HI/c1-4-20-18(21-12-8-6-5-7-9-14(2)3)22-13-15-10-11-16(24-15)17(19)23;/h10-11,14H,4-9,12-13H2,1-3H3,(H2,19,23)(H2,20,21,22);1H. The van der Waals surface area contributed by atoms with Crippen LogP contribution in [0.2, 0.25) is 0 Å². The van der Waals surface area contributed by atoms with Crippen LogP contribution in [-0.2, 0) is 6.54 Å². The number of guanidine groups is 1. The summed E-state index contributed by atoms with van der Waals surface area (Å²) < 4.78 is 5.33. The second-order valence-corrected chi connectivity index (χ2v) is 6.35. The predicted molar refractivity (Wildman–Crippen MR) is 113 cm³/mol. The SMILES string of the molecule is CCNC(=NCc1ccc(C(N)=O)o1)NCCCCCCC(C)C.I.